The van der Waals surface area contributed by atoms with Gasteiger partial charge in [0.05, 0.1) is 19.4 Å². The van der Waals surface area contributed by atoms with Crippen LogP contribution >= 0.6 is 0 Å². The molecular formula is C9H15NO3. The molecular weight excluding hydrogens is 170 g/mol. The van der Waals surface area contributed by atoms with Crippen LogP contribution in [-0.2, 0) is 16.1 Å². The van der Waals surface area contributed by atoms with Crippen molar-refractivity contribution in [3.8, 4) is 0 Å². The summed E-state index contributed by atoms with van der Waals surface area (Å²) in [4.78, 5) is 9.82. The zero-order chi connectivity index (χ0) is 10.1. The van der Waals surface area contributed by atoms with Crippen LogP contribution in [0.1, 0.15) is 19.6 Å². The topological polar surface area (TPSA) is 65.5 Å². The molecule has 0 aliphatic rings. The molecule has 0 saturated heterocycles. The van der Waals surface area contributed by atoms with Gasteiger partial charge in [0.2, 0.25) is 0 Å². The van der Waals surface area contributed by atoms with Gasteiger partial charge in [-0.3, -0.25) is 4.79 Å². The number of carbonyl (C=O) groups is 1. The summed E-state index contributed by atoms with van der Waals surface area (Å²) < 4.78 is 9.26. The van der Waals surface area contributed by atoms with Crippen LogP contribution in [0.5, 0.6) is 0 Å². The molecule has 13 heavy (non-hydrogen) atoms. The van der Waals surface area contributed by atoms with E-state index in [4.69, 9.17) is 10.2 Å². The highest BCUT2D eigenvalue weighted by Crippen LogP contribution is 1.95. The first kappa shape index (κ1) is 11.7. The zero-order valence-electron chi connectivity index (χ0n) is 7.95. The molecule has 4 heteroatoms. The molecule has 0 aliphatic carbocycles. The fourth-order valence-electron chi connectivity index (χ4n) is 0.632. The monoisotopic (exact) mass is 185 g/mol. The minimum absolute atomic E-state index is 0.211. The highest BCUT2D eigenvalue weighted by molar-refractivity contribution is 5.65. The molecule has 0 aromatic carbocycles. The summed E-state index contributed by atoms with van der Waals surface area (Å²) in [5.74, 6) is 0.623. The van der Waals surface area contributed by atoms with Crippen molar-refractivity contribution < 1.29 is 13.9 Å². The van der Waals surface area contributed by atoms with E-state index in [-0.39, 0.29) is 5.97 Å². The van der Waals surface area contributed by atoms with Gasteiger partial charge in [-0.15, -0.1) is 0 Å². The summed E-state index contributed by atoms with van der Waals surface area (Å²) in [6, 6.07) is 3.67. The number of nitrogens with two attached hydrogens (primary N) is 1. The summed E-state index contributed by atoms with van der Waals surface area (Å²) in [5.41, 5.74) is 5.20. The van der Waals surface area contributed by atoms with E-state index in [2.05, 4.69) is 4.74 Å². The molecule has 0 aliphatic heterocycles. The minimum atomic E-state index is -0.211. The maximum atomic E-state index is 9.82. The molecule has 0 amide bonds. The van der Waals surface area contributed by atoms with Crippen LogP contribution < -0.4 is 5.73 Å². The molecule has 4 nitrogen and oxygen atoms in total. The van der Waals surface area contributed by atoms with Gasteiger partial charge in [-0.25, -0.2) is 0 Å². The number of esters is 1. The molecule has 0 saturated carbocycles. The van der Waals surface area contributed by atoms with Crippen molar-refractivity contribution in [3.05, 3.63) is 24.2 Å². The van der Waals surface area contributed by atoms with Gasteiger partial charge >= 0.3 is 5.97 Å². The predicted octanol–water partition coefficient (Wildman–Crippen LogP) is 1.31. The first-order chi connectivity index (χ1) is 6.20. The third-order valence-electron chi connectivity index (χ3n) is 1.13. The molecule has 0 fully saturated rings. The van der Waals surface area contributed by atoms with E-state index in [1.807, 2.05) is 12.1 Å². The van der Waals surface area contributed by atoms with E-state index in [1.165, 1.54) is 6.92 Å². The molecule has 1 rings (SSSR count). The summed E-state index contributed by atoms with van der Waals surface area (Å²) in [6.45, 7) is 4.15. The lowest BCUT2D eigenvalue weighted by atomic mass is 10.5. The van der Waals surface area contributed by atoms with Crippen LogP contribution in [0.3, 0.4) is 0 Å². The molecule has 1 aromatic heterocycles. The molecule has 0 spiro atoms. The van der Waals surface area contributed by atoms with E-state index >= 15 is 0 Å². The Labute approximate surface area is 77.7 Å². The molecule has 2 N–H and O–H groups in total. The Kier molecular flexibility index (Phi) is 6.63. The minimum Gasteiger partial charge on any atom is -0.468 e. The molecule has 1 heterocycles. The van der Waals surface area contributed by atoms with Crippen molar-refractivity contribution in [1.82, 2.24) is 0 Å². The number of hydrogen-bond acceptors (Lipinski definition) is 4. The maximum Gasteiger partial charge on any atom is 0.302 e. The molecule has 0 atom stereocenters. The van der Waals surface area contributed by atoms with E-state index in [0.717, 1.165) is 5.76 Å². The fourth-order valence-corrected chi connectivity index (χ4v) is 0.632. The van der Waals surface area contributed by atoms with Gasteiger partial charge in [0.1, 0.15) is 5.76 Å². The molecule has 1 aromatic rings. The second kappa shape index (κ2) is 7.36. The normalized spacial score (nSPS) is 8.54. The number of hydrogen-bond donors (Lipinski definition) is 1. The van der Waals surface area contributed by atoms with Gasteiger partial charge in [-0.2, -0.15) is 0 Å². The van der Waals surface area contributed by atoms with E-state index < -0.39 is 0 Å². The van der Waals surface area contributed by atoms with Crippen LogP contribution in [0.4, 0.5) is 0 Å². The van der Waals surface area contributed by atoms with Gasteiger partial charge in [-0.05, 0) is 19.1 Å². The Morgan fingerprint density at radius 2 is 2.38 bits per heavy atom. The number of rotatable bonds is 2. The Bertz CT molecular complexity index is 219. The first-order valence-electron chi connectivity index (χ1n) is 4.06. The number of furan rings is 1. The van der Waals surface area contributed by atoms with Gasteiger partial charge in [-0.1, -0.05) is 0 Å². The quantitative estimate of drug-likeness (QED) is 0.705. The summed E-state index contributed by atoms with van der Waals surface area (Å²) in [6.07, 6.45) is 1.61. The lowest BCUT2D eigenvalue weighted by Gasteiger charge is -1.89. The second-order valence-electron chi connectivity index (χ2n) is 2.21. The highest BCUT2D eigenvalue weighted by Gasteiger charge is 1.84. The van der Waals surface area contributed by atoms with Crippen molar-refractivity contribution >= 4 is 5.97 Å². The smallest absolute Gasteiger partial charge is 0.302 e. The Morgan fingerprint density at radius 3 is 2.54 bits per heavy atom. The van der Waals surface area contributed by atoms with Crippen molar-refractivity contribution in [1.29, 1.82) is 0 Å². The van der Waals surface area contributed by atoms with Crippen LogP contribution in [0.15, 0.2) is 22.8 Å². The summed E-state index contributed by atoms with van der Waals surface area (Å²) in [7, 11) is 0. The maximum absolute atomic E-state index is 9.82. The third-order valence-corrected chi connectivity index (χ3v) is 1.13. The average Bonchev–Trinajstić information content (AvgIpc) is 2.56. The predicted molar refractivity (Wildman–Crippen MR) is 48.9 cm³/mol. The fraction of sp³-hybridized carbons (Fsp3) is 0.444. The molecule has 74 valence electrons. The van der Waals surface area contributed by atoms with Gasteiger partial charge in [0.25, 0.3) is 0 Å². The van der Waals surface area contributed by atoms with Gasteiger partial charge in [0.15, 0.2) is 0 Å². The summed E-state index contributed by atoms with van der Waals surface area (Å²) in [5, 5.41) is 0. The van der Waals surface area contributed by atoms with Crippen molar-refractivity contribution in [2.24, 2.45) is 5.73 Å². The van der Waals surface area contributed by atoms with Crippen LogP contribution in [-0.4, -0.2) is 12.6 Å². The lowest BCUT2D eigenvalue weighted by Crippen LogP contribution is -1.95. The Morgan fingerprint density at radius 1 is 1.69 bits per heavy atom. The van der Waals surface area contributed by atoms with Crippen LogP contribution in [0.25, 0.3) is 0 Å². The second-order valence-corrected chi connectivity index (χ2v) is 2.21. The van der Waals surface area contributed by atoms with Crippen molar-refractivity contribution in [2.75, 3.05) is 6.61 Å². The van der Waals surface area contributed by atoms with E-state index in [1.54, 1.807) is 13.2 Å². The van der Waals surface area contributed by atoms with E-state index in [9.17, 15) is 4.79 Å². The van der Waals surface area contributed by atoms with Gasteiger partial charge in [0, 0.05) is 6.92 Å². The zero-order valence-corrected chi connectivity index (χ0v) is 7.95. The Balaban J connectivity index is 0.000000226. The highest BCUT2D eigenvalue weighted by atomic mass is 16.5. The SMILES string of the molecule is CCOC(C)=O.NCc1ccco1. The number of carbonyl (C=O) groups excluding carboxylic acids is 1. The first-order valence-corrected chi connectivity index (χ1v) is 4.06. The lowest BCUT2D eigenvalue weighted by molar-refractivity contribution is -0.140. The third kappa shape index (κ3) is 7.08. The molecule has 0 unspecified atom stereocenters. The van der Waals surface area contributed by atoms with Gasteiger partial charge < -0.3 is 14.9 Å². The molecule has 0 radical (unpaired) electrons. The van der Waals surface area contributed by atoms with E-state index in [0.29, 0.717) is 13.2 Å². The largest absolute Gasteiger partial charge is 0.468 e. The van der Waals surface area contributed by atoms with Crippen LogP contribution in [0.2, 0.25) is 0 Å². The van der Waals surface area contributed by atoms with Crippen LogP contribution in [0, 0.1) is 0 Å². The Hall–Kier alpha value is -1.29. The average molecular weight is 185 g/mol. The number of ether oxygens (including phenoxy) is 1. The molecule has 0 bridgehead atoms. The van der Waals surface area contributed by atoms with Crippen molar-refractivity contribution in [3.63, 3.8) is 0 Å². The standard InChI is InChI=1S/C5H7NO.C4H8O2/c6-4-5-2-1-3-7-5;1-3-6-4(2)5/h1-3H,4,6H2;3H2,1-2H3. The van der Waals surface area contributed by atoms with Crippen molar-refractivity contribution in [2.45, 2.75) is 20.4 Å². The summed E-state index contributed by atoms with van der Waals surface area (Å²) >= 11 is 0.